The van der Waals surface area contributed by atoms with Crippen LogP contribution in [0.4, 0.5) is 0 Å². The van der Waals surface area contributed by atoms with Gasteiger partial charge in [-0.25, -0.2) is 0 Å². The molecular weight excluding hydrogens is 182 g/mol. The second kappa shape index (κ2) is 3.67. The normalized spacial score (nSPS) is 11.5. The van der Waals surface area contributed by atoms with Crippen LogP contribution >= 0.6 is 11.6 Å². The summed E-state index contributed by atoms with van der Waals surface area (Å²) in [5.41, 5.74) is 2.34. The summed E-state index contributed by atoms with van der Waals surface area (Å²) in [6.07, 6.45) is 5.90. The van der Waals surface area contributed by atoms with Crippen LogP contribution in [0.25, 0.3) is 17.0 Å². The van der Waals surface area contributed by atoms with Crippen molar-refractivity contribution in [2.24, 2.45) is 0 Å². The van der Waals surface area contributed by atoms with Crippen molar-refractivity contribution >= 4 is 28.6 Å². The van der Waals surface area contributed by atoms with Crippen LogP contribution in [0.15, 0.2) is 36.5 Å². The third kappa shape index (κ3) is 1.76. The zero-order valence-electron chi connectivity index (χ0n) is 7.13. The minimum Gasteiger partial charge on any atom is -0.361 e. The summed E-state index contributed by atoms with van der Waals surface area (Å²) in [6, 6.07) is 8.35. The molecule has 0 saturated carbocycles. The third-order valence-corrected chi connectivity index (χ3v) is 2.16. The monoisotopic (exact) mass is 191 g/mol. The highest BCUT2D eigenvalue weighted by Crippen LogP contribution is 2.14. The van der Waals surface area contributed by atoms with Crippen molar-refractivity contribution in [1.29, 1.82) is 0 Å². The number of H-pyrrole nitrogens is 1. The first-order valence-corrected chi connectivity index (χ1v) is 4.73. The Hall–Kier alpha value is -1.21. The fourth-order valence-electron chi connectivity index (χ4n) is 1.35. The van der Waals surface area contributed by atoms with Gasteiger partial charge < -0.3 is 4.98 Å². The van der Waals surface area contributed by atoms with E-state index in [1.165, 1.54) is 10.9 Å². The van der Waals surface area contributed by atoms with Crippen LogP contribution < -0.4 is 0 Å². The van der Waals surface area contributed by atoms with Gasteiger partial charge in [-0.05, 0) is 23.1 Å². The fraction of sp³-hybridized carbons (Fsp3) is 0.0909. The van der Waals surface area contributed by atoms with E-state index in [1.807, 2.05) is 18.3 Å². The van der Waals surface area contributed by atoms with Gasteiger partial charge in [0.1, 0.15) is 0 Å². The van der Waals surface area contributed by atoms with E-state index in [9.17, 15) is 0 Å². The third-order valence-electron chi connectivity index (χ3n) is 1.98. The Labute approximate surface area is 82.0 Å². The molecule has 2 rings (SSSR count). The van der Waals surface area contributed by atoms with Gasteiger partial charge in [0.25, 0.3) is 0 Å². The van der Waals surface area contributed by atoms with Crippen LogP contribution in [0.5, 0.6) is 0 Å². The molecule has 0 atom stereocenters. The van der Waals surface area contributed by atoms with Crippen molar-refractivity contribution in [3.8, 4) is 0 Å². The number of aromatic amines is 1. The lowest BCUT2D eigenvalue weighted by molar-refractivity contribution is 1.47. The average Bonchev–Trinajstić information content (AvgIpc) is 2.61. The van der Waals surface area contributed by atoms with Crippen molar-refractivity contribution in [2.45, 2.75) is 0 Å². The van der Waals surface area contributed by atoms with Crippen LogP contribution in [-0.4, -0.2) is 10.9 Å². The average molecular weight is 192 g/mol. The van der Waals surface area contributed by atoms with Crippen molar-refractivity contribution in [3.63, 3.8) is 0 Å². The maximum atomic E-state index is 5.55. The molecule has 13 heavy (non-hydrogen) atoms. The molecule has 66 valence electrons. The summed E-state index contributed by atoms with van der Waals surface area (Å²) in [7, 11) is 0. The number of hydrogen-bond donors (Lipinski definition) is 1. The van der Waals surface area contributed by atoms with Gasteiger partial charge in [-0.15, -0.1) is 11.6 Å². The topological polar surface area (TPSA) is 15.8 Å². The van der Waals surface area contributed by atoms with E-state index in [0.29, 0.717) is 5.88 Å². The van der Waals surface area contributed by atoms with E-state index in [1.54, 1.807) is 0 Å². The first-order valence-electron chi connectivity index (χ1n) is 4.20. The van der Waals surface area contributed by atoms with Gasteiger partial charge in [0.05, 0.1) is 0 Å². The number of rotatable bonds is 2. The predicted octanol–water partition coefficient (Wildman–Crippen LogP) is 3.42. The molecule has 0 saturated heterocycles. The Kier molecular flexibility index (Phi) is 2.37. The molecule has 1 heterocycles. The van der Waals surface area contributed by atoms with Crippen molar-refractivity contribution in [3.05, 3.63) is 42.1 Å². The van der Waals surface area contributed by atoms with Crippen molar-refractivity contribution in [2.75, 3.05) is 5.88 Å². The molecule has 2 heteroatoms. The molecule has 0 fully saturated rings. The SMILES string of the molecule is ClCC=Cc1ccc2cc[nH]c2c1. The first kappa shape index (κ1) is 8.39. The van der Waals surface area contributed by atoms with Gasteiger partial charge in [0.15, 0.2) is 0 Å². The molecule has 1 aromatic carbocycles. The molecule has 0 aliphatic carbocycles. The number of alkyl halides is 1. The number of allylic oxidation sites excluding steroid dienone is 1. The maximum Gasteiger partial charge on any atom is 0.0459 e. The molecule has 0 radical (unpaired) electrons. The Morgan fingerprint density at radius 2 is 2.23 bits per heavy atom. The van der Waals surface area contributed by atoms with Crippen LogP contribution in [0.1, 0.15) is 5.56 Å². The van der Waals surface area contributed by atoms with Crippen LogP contribution in [-0.2, 0) is 0 Å². The molecular formula is C11H10ClN. The van der Waals surface area contributed by atoms with Crippen molar-refractivity contribution < 1.29 is 0 Å². The highest BCUT2D eigenvalue weighted by Gasteiger charge is 1.93. The van der Waals surface area contributed by atoms with Gasteiger partial charge in [-0.3, -0.25) is 0 Å². The van der Waals surface area contributed by atoms with Crippen molar-refractivity contribution in [1.82, 2.24) is 4.98 Å². The van der Waals surface area contributed by atoms with Crippen LogP contribution in [0.3, 0.4) is 0 Å². The zero-order chi connectivity index (χ0) is 9.10. The largest absolute Gasteiger partial charge is 0.361 e. The summed E-state index contributed by atoms with van der Waals surface area (Å²) in [5, 5.41) is 1.24. The highest BCUT2D eigenvalue weighted by atomic mass is 35.5. The number of aromatic nitrogens is 1. The lowest BCUT2D eigenvalue weighted by atomic mass is 10.1. The number of halogens is 1. The molecule has 0 aliphatic heterocycles. The summed E-state index contributed by atoms with van der Waals surface area (Å²) >= 11 is 5.55. The van der Waals surface area contributed by atoms with Gasteiger partial charge in [0.2, 0.25) is 0 Å². The molecule has 1 nitrogen and oxygen atoms in total. The van der Waals surface area contributed by atoms with Gasteiger partial charge >= 0.3 is 0 Å². The van der Waals surface area contributed by atoms with Crippen LogP contribution in [0.2, 0.25) is 0 Å². The quantitative estimate of drug-likeness (QED) is 0.701. The second-order valence-corrected chi connectivity index (χ2v) is 3.19. The number of benzene rings is 1. The Morgan fingerprint density at radius 3 is 3.08 bits per heavy atom. The first-order chi connectivity index (χ1) is 6.40. The lowest BCUT2D eigenvalue weighted by Gasteiger charge is -1.93. The summed E-state index contributed by atoms with van der Waals surface area (Å²) in [4.78, 5) is 3.17. The molecule has 0 amide bonds. The van der Waals surface area contributed by atoms with Gasteiger partial charge in [-0.1, -0.05) is 24.3 Å². The number of fused-ring (bicyclic) bond motifs is 1. The van der Waals surface area contributed by atoms with Crippen LogP contribution in [0, 0.1) is 0 Å². The smallest absolute Gasteiger partial charge is 0.0459 e. The molecule has 2 aromatic rings. The fourth-order valence-corrected chi connectivity index (χ4v) is 1.44. The van der Waals surface area contributed by atoms with E-state index in [0.717, 1.165) is 5.52 Å². The van der Waals surface area contributed by atoms with E-state index in [4.69, 9.17) is 11.6 Å². The number of hydrogen-bond acceptors (Lipinski definition) is 0. The van der Waals surface area contributed by atoms with E-state index >= 15 is 0 Å². The molecule has 1 N–H and O–H groups in total. The summed E-state index contributed by atoms with van der Waals surface area (Å²) in [6.45, 7) is 0. The lowest BCUT2D eigenvalue weighted by Crippen LogP contribution is -1.73. The van der Waals surface area contributed by atoms with Gasteiger partial charge in [0, 0.05) is 17.6 Å². The summed E-state index contributed by atoms with van der Waals surface area (Å²) in [5.74, 6) is 0.558. The molecule has 0 spiro atoms. The Bertz CT molecular complexity index is 428. The summed E-state index contributed by atoms with van der Waals surface area (Å²) < 4.78 is 0. The standard InChI is InChI=1S/C11H10ClN/c12-6-1-2-9-3-4-10-5-7-13-11(10)8-9/h1-5,7-8,13H,6H2. The molecule has 0 aliphatic rings. The van der Waals surface area contributed by atoms with Gasteiger partial charge in [-0.2, -0.15) is 0 Å². The zero-order valence-corrected chi connectivity index (χ0v) is 7.88. The molecule has 0 unspecified atom stereocenters. The highest BCUT2D eigenvalue weighted by molar-refractivity contribution is 6.19. The van der Waals surface area contributed by atoms with E-state index < -0.39 is 0 Å². The Balaban J connectivity index is 2.42. The molecule has 0 bridgehead atoms. The van der Waals surface area contributed by atoms with E-state index in [-0.39, 0.29) is 0 Å². The van der Waals surface area contributed by atoms with E-state index in [2.05, 4.69) is 29.2 Å². The Morgan fingerprint density at radius 1 is 1.31 bits per heavy atom. The predicted molar refractivity (Wildman–Crippen MR) is 58.1 cm³/mol. The number of nitrogens with one attached hydrogen (secondary N) is 1. The minimum atomic E-state index is 0.558. The minimum absolute atomic E-state index is 0.558. The maximum absolute atomic E-state index is 5.55. The second-order valence-electron chi connectivity index (χ2n) is 2.88. The molecule has 1 aromatic heterocycles.